The second-order valence-electron chi connectivity index (χ2n) is 4.54. The predicted octanol–water partition coefficient (Wildman–Crippen LogP) is 1.20. The van der Waals surface area contributed by atoms with Crippen molar-refractivity contribution in [3.63, 3.8) is 0 Å². The van der Waals surface area contributed by atoms with Gasteiger partial charge in [0.25, 0.3) is 0 Å². The van der Waals surface area contributed by atoms with Crippen LogP contribution in [0.25, 0.3) is 0 Å². The molecule has 0 radical (unpaired) electrons. The van der Waals surface area contributed by atoms with Crippen LogP contribution in [0, 0.1) is 5.92 Å². The van der Waals surface area contributed by atoms with E-state index in [4.69, 9.17) is 0 Å². The van der Waals surface area contributed by atoms with E-state index in [9.17, 15) is 8.42 Å². The van der Waals surface area contributed by atoms with Gasteiger partial charge < -0.3 is 5.32 Å². The van der Waals surface area contributed by atoms with Crippen molar-refractivity contribution < 1.29 is 8.42 Å². The van der Waals surface area contributed by atoms with E-state index in [0.29, 0.717) is 12.6 Å². The molecule has 1 N–H and O–H groups in total. The van der Waals surface area contributed by atoms with Gasteiger partial charge in [-0.2, -0.15) is 0 Å². The molecule has 0 aromatic carbocycles. The Morgan fingerprint density at radius 2 is 1.79 bits per heavy atom. The van der Waals surface area contributed by atoms with E-state index >= 15 is 0 Å². The molecule has 0 saturated heterocycles. The second kappa shape index (κ2) is 5.12. The number of nitrogens with one attached hydrogen (secondary N) is 1. The van der Waals surface area contributed by atoms with E-state index in [0.717, 1.165) is 5.92 Å². The molecule has 1 aliphatic carbocycles. The summed E-state index contributed by atoms with van der Waals surface area (Å²) in [6, 6.07) is 0.549. The lowest BCUT2D eigenvalue weighted by molar-refractivity contribution is 0.311. The Labute approximate surface area is 87.2 Å². The predicted molar refractivity (Wildman–Crippen MR) is 59.1 cm³/mol. The van der Waals surface area contributed by atoms with Crippen LogP contribution in [0.1, 0.15) is 32.6 Å². The van der Waals surface area contributed by atoms with Crippen LogP contribution in [-0.4, -0.2) is 33.0 Å². The molecule has 84 valence electrons. The summed E-state index contributed by atoms with van der Waals surface area (Å²) in [6.45, 7) is 2.89. The van der Waals surface area contributed by atoms with Gasteiger partial charge in [0, 0.05) is 18.8 Å². The maximum atomic E-state index is 10.9. The van der Waals surface area contributed by atoms with Crippen molar-refractivity contribution >= 4 is 9.84 Å². The fraction of sp³-hybridized carbons (Fsp3) is 1.00. The third-order valence-corrected chi connectivity index (χ3v) is 3.87. The van der Waals surface area contributed by atoms with Gasteiger partial charge >= 0.3 is 0 Å². The fourth-order valence-electron chi connectivity index (χ4n) is 1.91. The van der Waals surface area contributed by atoms with Gasteiger partial charge in [-0.15, -0.1) is 0 Å². The molecule has 1 aliphatic rings. The first-order valence-corrected chi connectivity index (χ1v) is 7.44. The van der Waals surface area contributed by atoms with Crippen LogP contribution in [0.4, 0.5) is 0 Å². The molecule has 0 bridgehead atoms. The van der Waals surface area contributed by atoms with Crippen molar-refractivity contribution in [1.82, 2.24) is 5.32 Å². The van der Waals surface area contributed by atoms with Crippen LogP contribution in [0.2, 0.25) is 0 Å². The highest BCUT2D eigenvalue weighted by Crippen LogP contribution is 2.23. The molecule has 0 aliphatic heterocycles. The molecule has 1 fully saturated rings. The Kier molecular flexibility index (Phi) is 4.38. The summed E-state index contributed by atoms with van der Waals surface area (Å²) in [5.74, 6) is 1.11. The topological polar surface area (TPSA) is 46.2 Å². The van der Waals surface area contributed by atoms with E-state index in [1.807, 2.05) is 0 Å². The molecule has 0 aromatic rings. The lowest BCUT2D eigenvalue weighted by Gasteiger charge is -2.26. The third-order valence-electron chi connectivity index (χ3n) is 2.92. The Morgan fingerprint density at radius 3 is 2.29 bits per heavy atom. The summed E-state index contributed by atoms with van der Waals surface area (Å²) in [5, 5.41) is 3.32. The highest BCUT2D eigenvalue weighted by molar-refractivity contribution is 7.90. The first-order chi connectivity index (χ1) is 6.47. The minimum atomic E-state index is -2.80. The van der Waals surface area contributed by atoms with E-state index < -0.39 is 9.84 Å². The number of rotatable bonds is 4. The van der Waals surface area contributed by atoms with Gasteiger partial charge in [-0.05, 0) is 31.6 Å². The van der Waals surface area contributed by atoms with Crippen LogP contribution in [0.15, 0.2) is 0 Å². The van der Waals surface area contributed by atoms with Crippen LogP contribution in [0.5, 0.6) is 0 Å². The maximum Gasteiger partial charge on any atom is 0.148 e. The average molecular weight is 219 g/mol. The van der Waals surface area contributed by atoms with Crippen molar-refractivity contribution in [2.75, 3.05) is 18.6 Å². The molecule has 1 rings (SSSR count). The zero-order chi connectivity index (χ0) is 10.6. The second-order valence-corrected chi connectivity index (χ2v) is 6.80. The van der Waals surface area contributed by atoms with Gasteiger partial charge in [0.1, 0.15) is 9.84 Å². The van der Waals surface area contributed by atoms with Gasteiger partial charge in [0.15, 0.2) is 0 Å². The molecule has 1 saturated carbocycles. The van der Waals surface area contributed by atoms with Crippen molar-refractivity contribution in [1.29, 1.82) is 0 Å². The summed E-state index contributed by atoms with van der Waals surface area (Å²) in [4.78, 5) is 0. The highest BCUT2D eigenvalue weighted by Gasteiger charge is 2.17. The summed E-state index contributed by atoms with van der Waals surface area (Å²) in [6.07, 6.45) is 6.24. The molecule has 0 spiro atoms. The maximum absolute atomic E-state index is 10.9. The molecule has 0 aromatic heterocycles. The van der Waals surface area contributed by atoms with Crippen molar-refractivity contribution in [2.45, 2.75) is 38.6 Å². The van der Waals surface area contributed by atoms with Crippen molar-refractivity contribution in [3.05, 3.63) is 0 Å². The molecular formula is C10H21NO2S. The van der Waals surface area contributed by atoms with E-state index in [1.165, 1.54) is 31.9 Å². The fourth-order valence-corrected chi connectivity index (χ4v) is 2.40. The van der Waals surface area contributed by atoms with Gasteiger partial charge in [-0.25, -0.2) is 8.42 Å². The minimum Gasteiger partial charge on any atom is -0.313 e. The normalized spacial score (nSPS) is 29.0. The molecule has 0 amide bonds. The van der Waals surface area contributed by atoms with E-state index in [2.05, 4.69) is 12.2 Å². The summed E-state index contributed by atoms with van der Waals surface area (Å²) in [5.41, 5.74) is 0. The number of hydrogen-bond acceptors (Lipinski definition) is 3. The Hall–Kier alpha value is -0.0900. The molecule has 3 nitrogen and oxygen atoms in total. The Morgan fingerprint density at radius 1 is 1.21 bits per heavy atom. The standard InChI is InChI=1S/C10H21NO2S/c1-9-3-5-10(6-4-9)11-7-8-14(2,12)13/h9-11H,3-8H2,1-2H3/t9-,10+. The number of sulfone groups is 1. The van der Waals surface area contributed by atoms with Gasteiger partial charge in [-0.3, -0.25) is 0 Å². The van der Waals surface area contributed by atoms with Crippen LogP contribution in [-0.2, 0) is 9.84 Å². The van der Waals surface area contributed by atoms with E-state index in [-0.39, 0.29) is 5.75 Å². The Balaban J connectivity index is 2.14. The lowest BCUT2D eigenvalue weighted by Crippen LogP contribution is -2.35. The van der Waals surface area contributed by atoms with Gasteiger partial charge in [0.05, 0.1) is 5.75 Å². The largest absolute Gasteiger partial charge is 0.313 e. The molecule has 0 atom stereocenters. The SMILES string of the molecule is CS(=O)(=O)CCN[C@H]1CC[C@@H](C)CC1. The first-order valence-electron chi connectivity index (χ1n) is 5.38. The van der Waals surface area contributed by atoms with Gasteiger partial charge in [-0.1, -0.05) is 6.92 Å². The molecule has 14 heavy (non-hydrogen) atoms. The lowest BCUT2D eigenvalue weighted by atomic mass is 9.87. The first kappa shape index (κ1) is 12.0. The smallest absolute Gasteiger partial charge is 0.148 e. The summed E-state index contributed by atoms with van der Waals surface area (Å²) >= 11 is 0. The Bertz CT molecular complexity index is 253. The van der Waals surface area contributed by atoms with Crippen LogP contribution in [0.3, 0.4) is 0 Å². The van der Waals surface area contributed by atoms with Crippen LogP contribution >= 0.6 is 0 Å². The highest BCUT2D eigenvalue weighted by atomic mass is 32.2. The third kappa shape index (κ3) is 4.96. The van der Waals surface area contributed by atoms with Crippen molar-refractivity contribution in [2.24, 2.45) is 5.92 Å². The molecule has 0 unspecified atom stereocenters. The van der Waals surface area contributed by atoms with Gasteiger partial charge in [0.2, 0.25) is 0 Å². The molecular weight excluding hydrogens is 198 g/mol. The summed E-state index contributed by atoms with van der Waals surface area (Å²) in [7, 11) is -2.80. The monoisotopic (exact) mass is 219 g/mol. The molecule has 4 heteroatoms. The van der Waals surface area contributed by atoms with Crippen LogP contribution < -0.4 is 5.32 Å². The molecule has 0 heterocycles. The quantitative estimate of drug-likeness (QED) is 0.773. The van der Waals surface area contributed by atoms with E-state index in [1.54, 1.807) is 0 Å². The number of hydrogen-bond donors (Lipinski definition) is 1. The summed E-state index contributed by atoms with van der Waals surface area (Å²) < 4.78 is 21.8. The average Bonchev–Trinajstić information content (AvgIpc) is 2.06. The zero-order valence-electron chi connectivity index (χ0n) is 9.12. The van der Waals surface area contributed by atoms with Crippen molar-refractivity contribution in [3.8, 4) is 0 Å². The minimum absolute atomic E-state index is 0.263. The zero-order valence-corrected chi connectivity index (χ0v) is 9.94.